The summed E-state index contributed by atoms with van der Waals surface area (Å²) in [6.45, 7) is 4.47. The molecule has 1 fully saturated rings. The summed E-state index contributed by atoms with van der Waals surface area (Å²) in [4.78, 5) is 25.2. The van der Waals surface area contributed by atoms with Crippen molar-refractivity contribution in [2.24, 2.45) is 11.3 Å². The van der Waals surface area contributed by atoms with E-state index in [2.05, 4.69) is 0 Å². The monoisotopic (exact) mass is 255 g/mol. The van der Waals surface area contributed by atoms with E-state index >= 15 is 0 Å². The lowest BCUT2D eigenvalue weighted by Crippen LogP contribution is -2.40. The van der Waals surface area contributed by atoms with Crippen molar-refractivity contribution in [2.75, 3.05) is 13.6 Å². The first kappa shape index (κ1) is 15.0. The van der Waals surface area contributed by atoms with Crippen molar-refractivity contribution >= 4 is 11.9 Å². The van der Waals surface area contributed by atoms with Gasteiger partial charge in [-0.1, -0.05) is 20.3 Å². The number of hydrogen-bond acceptors (Lipinski definition) is 2. The molecule has 0 aromatic heterocycles. The van der Waals surface area contributed by atoms with E-state index in [9.17, 15) is 14.7 Å². The first-order valence-electron chi connectivity index (χ1n) is 6.92. The Bertz CT molecular complexity index is 306. The van der Waals surface area contributed by atoms with Crippen molar-refractivity contribution in [3.63, 3.8) is 0 Å². The number of amides is 1. The summed E-state index contributed by atoms with van der Waals surface area (Å²) in [5.74, 6) is -0.257. The van der Waals surface area contributed by atoms with Gasteiger partial charge in [-0.25, -0.2) is 0 Å². The average molecular weight is 255 g/mol. The number of aliphatic carboxylic acids is 1. The second kappa shape index (κ2) is 6.21. The zero-order chi connectivity index (χ0) is 13.8. The van der Waals surface area contributed by atoms with Crippen LogP contribution in [0, 0.1) is 11.3 Å². The molecule has 18 heavy (non-hydrogen) atoms. The fourth-order valence-electron chi connectivity index (χ4n) is 2.47. The Kier molecular flexibility index (Phi) is 5.17. The summed E-state index contributed by atoms with van der Waals surface area (Å²) in [5, 5.41) is 9.32. The molecule has 4 heteroatoms. The predicted octanol–water partition coefficient (Wildman–Crippen LogP) is 2.53. The molecular formula is C14H25NO3. The van der Waals surface area contributed by atoms with Crippen LogP contribution in [-0.2, 0) is 9.59 Å². The van der Waals surface area contributed by atoms with Crippen molar-refractivity contribution in [3.05, 3.63) is 0 Å². The van der Waals surface area contributed by atoms with Crippen LogP contribution in [-0.4, -0.2) is 35.5 Å². The van der Waals surface area contributed by atoms with Gasteiger partial charge in [0, 0.05) is 20.0 Å². The molecule has 1 aliphatic rings. The highest BCUT2D eigenvalue weighted by Crippen LogP contribution is 2.32. The molecule has 0 unspecified atom stereocenters. The highest BCUT2D eigenvalue weighted by molar-refractivity contribution is 5.84. The molecule has 4 nitrogen and oxygen atoms in total. The smallest absolute Gasteiger partial charge is 0.310 e. The molecule has 0 spiro atoms. The van der Waals surface area contributed by atoms with Gasteiger partial charge in [-0.3, -0.25) is 9.59 Å². The summed E-state index contributed by atoms with van der Waals surface area (Å²) < 4.78 is 0. The molecule has 0 saturated heterocycles. The third-order valence-electron chi connectivity index (χ3n) is 4.48. The van der Waals surface area contributed by atoms with Gasteiger partial charge in [0.25, 0.3) is 0 Å². The lowest BCUT2D eigenvalue weighted by molar-refractivity contribution is -0.154. The van der Waals surface area contributed by atoms with Crippen LogP contribution < -0.4 is 0 Å². The summed E-state index contributed by atoms with van der Waals surface area (Å²) in [6, 6.07) is 0. The van der Waals surface area contributed by atoms with Crippen LogP contribution in [0.25, 0.3) is 0 Å². The predicted molar refractivity (Wildman–Crippen MR) is 70.2 cm³/mol. The minimum absolute atomic E-state index is 0.0343. The topological polar surface area (TPSA) is 57.6 Å². The Labute approximate surface area is 109 Å². The van der Waals surface area contributed by atoms with Crippen LogP contribution in [0.5, 0.6) is 0 Å². The zero-order valence-corrected chi connectivity index (χ0v) is 11.7. The number of carbonyl (C=O) groups excluding carboxylic acids is 1. The van der Waals surface area contributed by atoms with Crippen LogP contribution in [0.2, 0.25) is 0 Å². The molecule has 104 valence electrons. The molecule has 1 N–H and O–H groups in total. The van der Waals surface area contributed by atoms with E-state index in [4.69, 9.17) is 0 Å². The van der Waals surface area contributed by atoms with Crippen molar-refractivity contribution in [2.45, 2.75) is 52.4 Å². The van der Waals surface area contributed by atoms with Crippen molar-refractivity contribution in [3.8, 4) is 0 Å². The van der Waals surface area contributed by atoms with Gasteiger partial charge in [0.1, 0.15) is 0 Å². The third-order valence-corrected chi connectivity index (χ3v) is 4.48. The SMILES string of the molecule is CCC(CC)(CC(=O)N(C)CC1CCC1)C(=O)O. The summed E-state index contributed by atoms with van der Waals surface area (Å²) in [5.41, 5.74) is -0.884. The van der Waals surface area contributed by atoms with Gasteiger partial charge in [-0.15, -0.1) is 0 Å². The maximum absolute atomic E-state index is 12.1. The zero-order valence-electron chi connectivity index (χ0n) is 11.7. The Morgan fingerprint density at radius 2 is 1.83 bits per heavy atom. The fraction of sp³-hybridized carbons (Fsp3) is 0.857. The molecule has 1 amide bonds. The van der Waals surface area contributed by atoms with E-state index in [0.29, 0.717) is 18.8 Å². The number of nitrogens with zero attached hydrogens (tertiary/aromatic N) is 1. The van der Waals surface area contributed by atoms with Gasteiger partial charge in [0.2, 0.25) is 5.91 Å². The maximum atomic E-state index is 12.1. The number of carboxylic acids is 1. The van der Waals surface area contributed by atoms with Gasteiger partial charge in [0.05, 0.1) is 5.41 Å². The van der Waals surface area contributed by atoms with Crippen LogP contribution in [0.15, 0.2) is 0 Å². The number of hydrogen-bond donors (Lipinski definition) is 1. The molecule has 0 atom stereocenters. The molecule has 1 saturated carbocycles. The van der Waals surface area contributed by atoms with Crippen LogP contribution >= 0.6 is 0 Å². The van der Waals surface area contributed by atoms with Crippen molar-refractivity contribution < 1.29 is 14.7 Å². The molecule has 0 aliphatic heterocycles. The molecule has 0 bridgehead atoms. The molecule has 0 aromatic carbocycles. The highest BCUT2D eigenvalue weighted by Gasteiger charge is 2.38. The third kappa shape index (κ3) is 3.24. The first-order valence-corrected chi connectivity index (χ1v) is 6.92. The molecular weight excluding hydrogens is 230 g/mol. The van der Waals surface area contributed by atoms with Gasteiger partial charge < -0.3 is 10.0 Å². The van der Waals surface area contributed by atoms with Crippen molar-refractivity contribution in [1.29, 1.82) is 0 Å². The van der Waals surface area contributed by atoms with E-state index in [-0.39, 0.29) is 12.3 Å². The summed E-state index contributed by atoms with van der Waals surface area (Å²) in [6.07, 6.45) is 4.78. The van der Waals surface area contributed by atoms with Crippen LogP contribution in [0.4, 0.5) is 0 Å². The minimum atomic E-state index is -0.884. The standard InChI is InChI=1S/C14H25NO3/c1-4-14(5-2,13(17)18)9-12(16)15(3)10-11-7-6-8-11/h11H,4-10H2,1-3H3,(H,17,18). The lowest BCUT2D eigenvalue weighted by Gasteiger charge is -2.33. The van der Waals surface area contributed by atoms with Gasteiger partial charge in [-0.05, 0) is 31.6 Å². The molecule has 1 aliphatic carbocycles. The second-order valence-corrected chi connectivity index (χ2v) is 5.54. The van der Waals surface area contributed by atoms with Gasteiger partial charge in [0.15, 0.2) is 0 Å². The first-order chi connectivity index (χ1) is 8.45. The second-order valence-electron chi connectivity index (χ2n) is 5.54. The van der Waals surface area contributed by atoms with Crippen LogP contribution in [0.3, 0.4) is 0 Å². The highest BCUT2D eigenvalue weighted by atomic mass is 16.4. The quantitative estimate of drug-likeness (QED) is 0.760. The van der Waals surface area contributed by atoms with Crippen molar-refractivity contribution in [1.82, 2.24) is 4.90 Å². The summed E-state index contributed by atoms with van der Waals surface area (Å²) >= 11 is 0. The molecule has 1 rings (SSSR count). The lowest BCUT2D eigenvalue weighted by atomic mass is 9.78. The Balaban J connectivity index is 2.56. The number of carboxylic acid groups (broad SMARTS) is 1. The summed E-state index contributed by atoms with van der Waals surface area (Å²) in [7, 11) is 1.79. The van der Waals surface area contributed by atoms with E-state index in [1.807, 2.05) is 13.8 Å². The van der Waals surface area contributed by atoms with E-state index in [1.165, 1.54) is 19.3 Å². The van der Waals surface area contributed by atoms with Gasteiger partial charge >= 0.3 is 5.97 Å². The van der Waals surface area contributed by atoms with E-state index < -0.39 is 11.4 Å². The molecule has 0 radical (unpaired) electrons. The minimum Gasteiger partial charge on any atom is -0.481 e. The molecule has 0 heterocycles. The van der Waals surface area contributed by atoms with E-state index in [0.717, 1.165) is 6.54 Å². The Morgan fingerprint density at radius 1 is 1.28 bits per heavy atom. The van der Waals surface area contributed by atoms with Gasteiger partial charge in [-0.2, -0.15) is 0 Å². The number of rotatable bonds is 7. The average Bonchev–Trinajstić information content (AvgIpc) is 2.29. The largest absolute Gasteiger partial charge is 0.481 e. The normalized spacial score (nSPS) is 16.2. The van der Waals surface area contributed by atoms with Crippen LogP contribution in [0.1, 0.15) is 52.4 Å². The Hall–Kier alpha value is -1.06. The Morgan fingerprint density at radius 3 is 2.17 bits per heavy atom. The molecule has 0 aromatic rings. The van der Waals surface area contributed by atoms with E-state index in [1.54, 1.807) is 11.9 Å². The number of carbonyl (C=O) groups is 2. The maximum Gasteiger partial charge on any atom is 0.310 e. The fourth-order valence-corrected chi connectivity index (χ4v) is 2.47.